The van der Waals surface area contributed by atoms with Crippen molar-refractivity contribution in [3.63, 3.8) is 0 Å². The van der Waals surface area contributed by atoms with Crippen LogP contribution < -0.4 is 5.32 Å². The van der Waals surface area contributed by atoms with Crippen molar-refractivity contribution in [1.82, 2.24) is 19.4 Å². The first-order chi connectivity index (χ1) is 12.2. The Bertz CT molecular complexity index is 773. The maximum absolute atomic E-state index is 12.5. The predicted molar refractivity (Wildman–Crippen MR) is 92.5 cm³/mol. The van der Waals surface area contributed by atoms with Gasteiger partial charge in [0, 0.05) is 25.2 Å². The number of nitrogens with zero attached hydrogens (tertiary/aromatic N) is 4. The van der Waals surface area contributed by atoms with Crippen molar-refractivity contribution in [3.05, 3.63) is 36.5 Å². The van der Waals surface area contributed by atoms with Gasteiger partial charge in [0.2, 0.25) is 5.91 Å². The molecule has 0 bridgehead atoms. The van der Waals surface area contributed by atoms with Crippen LogP contribution in [0.25, 0.3) is 5.82 Å². The van der Waals surface area contributed by atoms with E-state index in [2.05, 4.69) is 15.3 Å². The van der Waals surface area contributed by atoms with E-state index < -0.39 is 0 Å². The van der Waals surface area contributed by atoms with Crippen molar-refractivity contribution in [2.45, 2.75) is 32.1 Å². The van der Waals surface area contributed by atoms with Gasteiger partial charge < -0.3 is 10.2 Å². The highest BCUT2D eigenvalue weighted by Crippen LogP contribution is 2.30. The molecule has 0 radical (unpaired) electrons. The van der Waals surface area contributed by atoms with E-state index in [-0.39, 0.29) is 17.7 Å². The second-order valence-corrected chi connectivity index (χ2v) is 6.69. The lowest BCUT2D eigenvalue weighted by atomic mass is 10.1. The number of carbonyl (C=O) groups is 2. The highest BCUT2D eigenvalue weighted by molar-refractivity contribution is 5.94. The van der Waals surface area contributed by atoms with Gasteiger partial charge in [-0.2, -0.15) is 0 Å². The quantitative estimate of drug-likeness (QED) is 0.926. The van der Waals surface area contributed by atoms with Gasteiger partial charge >= 0.3 is 0 Å². The van der Waals surface area contributed by atoms with Gasteiger partial charge in [-0.05, 0) is 44.2 Å². The standard InChI is InChI=1S/C18H21N5O2/c24-17(13-4-5-13)21-14-6-7-16(19-10-14)23-11-15(20-12-23)18(25)22-8-2-1-3-9-22/h6-7,10-13H,1-5,8-9H2,(H,21,24). The molecule has 25 heavy (non-hydrogen) atoms. The molecule has 1 aliphatic heterocycles. The monoisotopic (exact) mass is 339 g/mol. The number of pyridine rings is 1. The van der Waals surface area contributed by atoms with Crippen molar-refractivity contribution in [2.75, 3.05) is 18.4 Å². The van der Waals surface area contributed by atoms with Crippen LogP contribution in [0.1, 0.15) is 42.6 Å². The van der Waals surface area contributed by atoms with Crippen molar-refractivity contribution >= 4 is 17.5 Å². The highest BCUT2D eigenvalue weighted by atomic mass is 16.2. The summed E-state index contributed by atoms with van der Waals surface area (Å²) in [4.78, 5) is 34.7. The van der Waals surface area contributed by atoms with Crippen molar-refractivity contribution in [2.24, 2.45) is 5.92 Å². The third kappa shape index (κ3) is 3.55. The molecule has 0 atom stereocenters. The highest BCUT2D eigenvalue weighted by Gasteiger charge is 2.29. The van der Waals surface area contributed by atoms with Crippen LogP contribution in [-0.2, 0) is 4.79 Å². The molecule has 2 aromatic heterocycles. The van der Waals surface area contributed by atoms with Gasteiger partial charge in [-0.1, -0.05) is 0 Å². The number of likely N-dealkylation sites (tertiary alicyclic amines) is 1. The van der Waals surface area contributed by atoms with Gasteiger partial charge in [-0.25, -0.2) is 9.97 Å². The third-order valence-electron chi connectivity index (χ3n) is 4.67. The molecule has 0 spiro atoms. The number of hydrogen-bond donors (Lipinski definition) is 1. The molecule has 130 valence electrons. The number of imidazole rings is 1. The number of piperidine rings is 1. The van der Waals surface area contributed by atoms with E-state index >= 15 is 0 Å². The van der Waals surface area contributed by atoms with E-state index in [9.17, 15) is 9.59 Å². The zero-order valence-electron chi connectivity index (χ0n) is 14.0. The summed E-state index contributed by atoms with van der Waals surface area (Å²) >= 11 is 0. The molecular weight excluding hydrogens is 318 g/mol. The van der Waals surface area contributed by atoms with E-state index in [0.29, 0.717) is 17.2 Å². The fourth-order valence-electron chi connectivity index (χ4n) is 3.02. The zero-order valence-corrected chi connectivity index (χ0v) is 14.0. The molecule has 3 heterocycles. The van der Waals surface area contributed by atoms with Gasteiger partial charge in [0.25, 0.3) is 5.91 Å². The van der Waals surface area contributed by atoms with Crippen molar-refractivity contribution in [1.29, 1.82) is 0 Å². The molecule has 1 N–H and O–H groups in total. The molecule has 1 aliphatic carbocycles. The fourth-order valence-corrected chi connectivity index (χ4v) is 3.02. The number of amides is 2. The number of nitrogens with one attached hydrogen (secondary N) is 1. The molecule has 0 unspecified atom stereocenters. The molecule has 1 saturated heterocycles. The van der Waals surface area contributed by atoms with Crippen LogP contribution in [0.5, 0.6) is 0 Å². The predicted octanol–water partition coefficient (Wildman–Crippen LogP) is 2.24. The normalized spacial score (nSPS) is 17.4. The first kappa shape index (κ1) is 15.8. The van der Waals surface area contributed by atoms with Crippen LogP contribution in [0.4, 0.5) is 5.69 Å². The van der Waals surface area contributed by atoms with Gasteiger partial charge in [0.15, 0.2) is 0 Å². The van der Waals surface area contributed by atoms with Crippen LogP contribution in [0.3, 0.4) is 0 Å². The Labute approximate surface area is 146 Å². The van der Waals surface area contributed by atoms with Crippen LogP contribution in [0.15, 0.2) is 30.9 Å². The number of aromatic nitrogens is 3. The van der Waals surface area contributed by atoms with Crippen LogP contribution in [-0.4, -0.2) is 44.3 Å². The van der Waals surface area contributed by atoms with E-state index in [1.54, 1.807) is 29.4 Å². The zero-order chi connectivity index (χ0) is 17.2. The van der Waals surface area contributed by atoms with Gasteiger partial charge in [-0.15, -0.1) is 0 Å². The minimum absolute atomic E-state index is 0.0215. The lowest BCUT2D eigenvalue weighted by molar-refractivity contribution is -0.117. The van der Waals surface area contributed by atoms with E-state index in [1.807, 2.05) is 11.0 Å². The van der Waals surface area contributed by atoms with E-state index in [1.165, 1.54) is 6.42 Å². The average molecular weight is 339 g/mol. The molecule has 0 aromatic carbocycles. The second-order valence-electron chi connectivity index (χ2n) is 6.69. The molecule has 2 amide bonds. The van der Waals surface area contributed by atoms with Gasteiger partial charge in [0.1, 0.15) is 17.8 Å². The minimum Gasteiger partial charge on any atom is -0.337 e. The molecule has 2 aliphatic rings. The second kappa shape index (κ2) is 6.66. The summed E-state index contributed by atoms with van der Waals surface area (Å²) in [6.45, 7) is 1.61. The Morgan fingerprint density at radius 2 is 1.88 bits per heavy atom. The maximum atomic E-state index is 12.5. The summed E-state index contributed by atoms with van der Waals surface area (Å²) in [5, 5.41) is 2.86. The summed E-state index contributed by atoms with van der Waals surface area (Å²) in [5.74, 6) is 0.865. The first-order valence-corrected chi connectivity index (χ1v) is 8.81. The molecule has 7 nitrogen and oxygen atoms in total. The summed E-state index contributed by atoms with van der Waals surface area (Å²) < 4.78 is 1.73. The van der Waals surface area contributed by atoms with Crippen molar-refractivity contribution < 1.29 is 9.59 Å². The Hall–Kier alpha value is -2.70. The lowest BCUT2D eigenvalue weighted by Crippen LogP contribution is -2.35. The van der Waals surface area contributed by atoms with Crippen LogP contribution in [0.2, 0.25) is 0 Å². The number of rotatable bonds is 4. The molecule has 2 aromatic rings. The molecule has 4 rings (SSSR count). The lowest BCUT2D eigenvalue weighted by Gasteiger charge is -2.25. The SMILES string of the molecule is O=C(Nc1ccc(-n2cnc(C(=O)N3CCCCC3)c2)nc1)C1CC1. The summed E-state index contributed by atoms with van der Waals surface area (Å²) in [6.07, 6.45) is 10.2. The Morgan fingerprint density at radius 3 is 2.56 bits per heavy atom. The van der Waals surface area contributed by atoms with E-state index in [4.69, 9.17) is 0 Å². The van der Waals surface area contributed by atoms with Gasteiger partial charge in [0.05, 0.1) is 11.9 Å². The molecular formula is C18H21N5O2. The smallest absolute Gasteiger partial charge is 0.274 e. The largest absolute Gasteiger partial charge is 0.337 e. The van der Waals surface area contributed by atoms with Gasteiger partial charge in [-0.3, -0.25) is 14.2 Å². The Kier molecular flexibility index (Phi) is 4.21. The first-order valence-electron chi connectivity index (χ1n) is 8.81. The average Bonchev–Trinajstić information content (AvgIpc) is 3.40. The maximum Gasteiger partial charge on any atom is 0.274 e. The van der Waals surface area contributed by atoms with Crippen LogP contribution >= 0.6 is 0 Å². The van der Waals surface area contributed by atoms with E-state index in [0.717, 1.165) is 38.8 Å². The Morgan fingerprint density at radius 1 is 1.08 bits per heavy atom. The summed E-state index contributed by atoms with van der Waals surface area (Å²) in [7, 11) is 0. The number of hydrogen-bond acceptors (Lipinski definition) is 4. The fraction of sp³-hybridized carbons (Fsp3) is 0.444. The minimum atomic E-state index is -0.0215. The summed E-state index contributed by atoms with van der Waals surface area (Å²) in [5.41, 5.74) is 1.13. The molecule has 1 saturated carbocycles. The van der Waals surface area contributed by atoms with Crippen molar-refractivity contribution in [3.8, 4) is 5.82 Å². The third-order valence-corrected chi connectivity index (χ3v) is 4.67. The topological polar surface area (TPSA) is 80.1 Å². The number of carbonyl (C=O) groups excluding carboxylic acids is 2. The number of anilines is 1. The molecule has 7 heteroatoms. The molecule has 2 fully saturated rings. The Balaban J connectivity index is 1.44. The van der Waals surface area contributed by atoms with Crippen LogP contribution in [0, 0.1) is 5.92 Å². The summed E-state index contributed by atoms with van der Waals surface area (Å²) in [6, 6.07) is 3.62.